The van der Waals surface area contributed by atoms with Crippen LogP contribution in [0.2, 0.25) is 0 Å². The van der Waals surface area contributed by atoms with Gasteiger partial charge in [0.1, 0.15) is 0 Å². The molecule has 5 heteroatoms. The molecule has 0 spiro atoms. The van der Waals surface area contributed by atoms with Crippen molar-refractivity contribution in [3.05, 3.63) is 65.7 Å². The molecule has 0 saturated heterocycles. The molecule has 138 valence electrons. The molecule has 5 nitrogen and oxygen atoms in total. The van der Waals surface area contributed by atoms with Crippen molar-refractivity contribution in [2.24, 2.45) is 0 Å². The van der Waals surface area contributed by atoms with Crippen LogP contribution in [0.25, 0.3) is 0 Å². The first-order valence-electron chi connectivity index (χ1n) is 8.66. The Balaban J connectivity index is 1.99. The van der Waals surface area contributed by atoms with Crippen molar-refractivity contribution in [1.29, 1.82) is 0 Å². The topological polar surface area (TPSA) is 49.9 Å². The monoisotopic (exact) mass is 354 g/mol. The van der Waals surface area contributed by atoms with Gasteiger partial charge < -0.3 is 14.5 Å². The Hall–Kier alpha value is -2.82. The molecule has 0 aliphatic carbocycles. The molecule has 0 unspecified atom stereocenters. The van der Waals surface area contributed by atoms with Crippen molar-refractivity contribution in [3.8, 4) is 0 Å². The fraction of sp³-hybridized carbons (Fsp3) is 0.333. The van der Waals surface area contributed by atoms with E-state index in [2.05, 4.69) is 0 Å². The second-order valence-corrected chi connectivity index (χ2v) is 6.62. The second kappa shape index (κ2) is 9.04. The van der Waals surface area contributed by atoms with Crippen LogP contribution in [0.3, 0.4) is 0 Å². The van der Waals surface area contributed by atoms with E-state index in [1.54, 1.807) is 23.1 Å². The predicted octanol–water partition coefficient (Wildman–Crippen LogP) is 3.35. The van der Waals surface area contributed by atoms with E-state index in [1.807, 2.05) is 69.2 Å². The minimum atomic E-state index is -0.495. The molecule has 2 aromatic rings. The van der Waals surface area contributed by atoms with E-state index in [-0.39, 0.29) is 18.6 Å². The standard InChI is InChI=1S/C21H26N2O3/c1-16(2)23(14-17-9-6-5-7-10-17)20(24)15-26-21(25)18-11-8-12-19(13-18)22(3)4/h5-13,16H,14-15H2,1-4H3. The Morgan fingerprint density at radius 3 is 2.31 bits per heavy atom. The van der Waals surface area contributed by atoms with Crippen molar-refractivity contribution in [2.45, 2.75) is 26.4 Å². The van der Waals surface area contributed by atoms with Gasteiger partial charge in [-0.1, -0.05) is 36.4 Å². The highest BCUT2D eigenvalue weighted by molar-refractivity contribution is 5.92. The Morgan fingerprint density at radius 2 is 1.69 bits per heavy atom. The molecular formula is C21H26N2O3. The van der Waals surface area contributed by atoms with Crippen LogP contribution in [0, 0.1) is 0 Å². The van der Waals surface area contributed by atoms with Crippen molar-refractivity contribution in [3.63, 3.8) is 0 Å². The van der Waals surface area contributed by atoms with E-state index in [4.69, 9.17) is 4.74 Å². The zero-order valence-corrected chi connectivity index (χ0v) is 15.8. The van der Waals surface area contributed by atoms with Gasteiger partial charge in [-0.05, 0) is 37.6 Å². The summed E-state index contributed by atoms with van der Waals surface area (Å²) in [7, 11) is 3.80. The van der Waals surface area contributed by atoms with Crippen LogP contribution in [-0.2, 0) is 16.1 Å². The summed E-state index contributed by atoms with van der Waals surface area (Å²) in [5.41, 5.74) is 2.38. The van der Waals surface area contributed by atoms with Gasteiger partial charge in [-0.3, -0.25) is 4.79 Å². The first-order chi connectivity index (χ1) is 12.4. The number of nitrogens with zero attached hydrogens (tertiary/aromatic N) is 2. The Labute approximate surface area is 155 Å². The molecule has 0 aromatic heterocycles. The fourth-order valence-electron chi connectivity index (χ4n) is 2.54. The predicted molar refractivity (Wildman–Crippen MR) is 103 cm³/mol. The number of carbonyl (C=O) groups excluding carboxylic acids is 2. The molecule has 0 fully saturated rings. The highest BCUT2D eigenvalue weighted by Gasteiger charge is 2.19. The van der Waals surface area contributed by atoms with Gasteiger partial charge in [-0.25, -0.2) is 4.79 Å². The van der Waals surface area contributed by atoms with Crippen molar-refractivity contribution in [2.75, 3.05) is 25.6 Å². The SMILES string of the molecule is CC(C)N(Cc1ccccc1)C(=O)COC(=O)c1cccc(N(C)C)c1. The van der Waals surface area contributed by atoms with Crippen LogP contribution in [-0.4, -0.2) is 43.5 Å². The van der Waals surface area contributed by atoms with Gasteiger partial charge in [0.25, 0.3) is 5.91 Å². The molecular weight excluding hydrogens is 328 g/mol. The molecule has 0 saturated carbocycles. The van der Waals surface area contributed by atoms with Gasteiger partial charge in [0.05, 0.1) is 5.56 Å². The first kappa shape index (κ1) is 19.5. The van der Waals surface area contributed by atoms with Crippen LogP contribution in [0.15, 0.2) is 54.6 Å². The van der Waals surface area contributed by atoms with Gasteiger partial charge in [-0.2, -0.15) is 0 Å². The van der Waals surface area contributed by atoms with E-state index < -0.39 is 5.97 Å². The lowest BCUT2D eigenvalue weighted by atomic mass is 10.2. The minimum absolute atomic E-state index is 0.0125. The summed E-state index contributed by atoms with van der Waals surface area (Å²) in [6, 6.07) is 16.9. The third-order valence-electron chi connectivity index (χ3n) is 4.06. The zero-order valence-electron chi connectivity index (χ0n) is 15.8. The van der Waals surface area contributed by atoms with Gasteiger partial charge in [0.15, 0.2) is 6.61 Å². The van der Waals surface area contributed by atoms with E-state index in [0.717, 1.165) is 11.3 Å². The lowest BCUT2D eigenvalue weighted by Crippen LogP contribution is -2.39. The summed E-state index contributed by atoms with van der Waals surface area (Å²) in [5.74, 6) is -0.702. The number of esters is 1. The molecule has 0 aliphatic rings. The molecule has 2 aromatic carbocycles. The minimum Gasteiger partial charge on any atom is -0.452 e. The number of ether oxygens (including phenoxy) is 1. The summed E-state index contributed by atoms with van der Waals surface area (Å²) >= 11 is 0. The quantitative estimate of drug-likeness (QED) is 0.716. The average Bonchev–Trinajstić information content (AvgIpc) is 2.64. The molecule has 26 heavy (non-hydrogen) atoms. The first-order valence-corrected chi connectivity index (χ1v) is 8.66. The summed E-state index contributed by atoms with van der Waals surface area (Å²) in [4.78, 5) is 28.4. The molecule has 0 heterocycles. The lowest BCUT2D eigenvalue weighted by Gasteiger charge is -2.26. The summed E-state index contributed by atoms with van der Waals surface area (Å²) in [6.07, 6.45) is 0. The van der Waals surface area contributed by atoms with E-state index >= 15 is 0 Å². The van der Waals surface area contributed by atoms with E-state index in [0.29, 0.717) is 12.1 Å². The van der Waals surface area contributed by atoms with Crippen LogP contribution in [0.5, 0.6) is 0 Å². The van der Waals surface area contributed by atoms with Gasteiger partial charge >= 0.3 is 5.97 Å². The maximum Gasteiger partial charge on any atom is 0.338 e. The maximum atomic E-state index is 12.5. The van der Waals surface area contributed by atoms with Crippen molar-refractivity contribution >= 4 is 17.6 Å². The van der Waals surface area contributed by atoms with E-state index in [1.165, 1.54) is 0 Å². The molecule has 2 rings (SSSR count). The molecule has 0 atom stereocenters. The molecule has 1 amide bonds. The highest BCUT2D eigenvalue weighted by Crippen LogP contribution is 2.14. The maximum absolute atomic E-state index is 12.5. The third kappa shape index (κ3) is 5.34. The number of carbonyl (C=O) groups is 2. The smallest absolute Gasteiger partial charge is 0.338 e. The highest BCUT2D eigenvalue weighted by atomic mass is 16.5. The van der Waals surface area contributed by atoms with E-state index in [9.17, 15) is 9.59 Å². The van der Waals surface area contributed by atoms with Crippen molar-refractivity contribution in [1.82, 2.24) is 4.90 Å². The lowest BCUT2D eigenvalue weighted by molar-refractivity contribution is -0.136. The summed E-state index contributed by atoms with van der Waals surface area (Å²) < 4.78 is 5.24. The van der Waals surface area contributed by atoms with Gasteiger partial charge in [0.2, 0.25) is 0 Å². The summed E-state index contributed by atoms with van der Waals surface area (Å²) in [6.45, 7) is 4.12. The van der Waals surface area contributed by atoms with Crippen LogP contribution in [0.4, 0.5) is 5.69 Å². The second-order valence-electron chi connectivity index (χ2n) is 6.62. The van der Waals surface area contributed by atoms with Crippen molar-refractivity contribution < 1.29 is 14.3 Å². The Bertz CT molecular complexity index is 742. The number of hydrogen-bond acceptors (Lipinski definition) is 4. The Morgan fingerprint density at radius 1 is 1.00 bits per heavy atom. The number of hydrogen-bond donors (Lipinski definition) is 0. The molecule has 0 radical (unpaired) electrons. The Kier molecular flexibility index (Phi) is 6.78. The van der Waals surface area contributed by atoms with Gasteiger partial charge in [0, 0.05) is 32.4 Å². The van der Waals surface area contributed by atoms with Crippen LogP contribution < -0.4 is 4.90 Å². The number of rotatable bonds is 7. The molecule has 0 aliphatic heterocycles. The molecule has 0 bridgehead atoms. The third-order valence-corrected chi connectivity index (χ3v) is 4.06. The summed E-state index contributed by atoms with van der Waals surface area (Å²) in [5, 5.41) is 0. The number of benzene rings is 2. The van der Waals surface area contributed by atoms with Crippen LogP contribution in [0.1, 0.15) is 29.8 Å². The largest absolute Gasteiger partial charge is 0.452 e. The number of amides is 1. The molecule has 0 N–H and O–H groups in total. The van der Waals surface area contributed by atoms with Gasteiger partial charge in [-0.15, -0.1) is 0 Å². The number of anilines is 1. The zero-order chi connectivity index (χ0) is 19.1. The normalized spacial score (nSPS) is 10.5. The average molecular weight is 354 g/mol. The fourth-order valence-corrected chi connectivity index (χ4v) is 2.54. The van der Waals surface area contributed by atoms with Crippen LogP contribution >= 0.6 is 0 Å².